The zero-order valence-corrected chi connectivity index (χ0v) is 9.75. The standard InChI is InChI=1S/C14H10N2O2/c1-10(17)12-5-6-16-14(8-12)18-13-4-2-3-11(7-13)9-15/h2-8H,1H3. The number of pyridine rings is 1. The van der Waals surface area contributed by atoms with Crippen molar-refractivity contribution in [1.82, 2.24) is 4.98 Å². The smallest absolute Gasteiger partial charge is 0.219 e. The van der Waals surface area contributed by atoms with Crippen LogP contribution in [0.5, 0.6) is 11.6 Å². The van der Waals surface area contributed by atoms with Crippen LogP contribution in [0.1, 0.15) is 22.8 Å². The van der Waals surface area contributed by atoms with E-state index < -0.39 is 0 Å². The van der Waals surface area contributed by atoms with E-state index in [-0.39, 0.29) is 5.78 Å². The molecule has 4 nitrogen and oxygen atoms in total. The Morgan fingerprint density at radius 2 is 2.17 bits per heavy atom. The van der Waals surface area contributed by atoms with E-state index in [1.165, 1.54) is 13.1 Å². The van der Waals surface area contributed by atoms with Gasteiger partial charge in [-0.15, -0.1) is 0 Å². The van der Waals surface area contributed by atoms with Crippen LogP contribution in [0.2, 0.25) is 0 Å². The molecule has 18 heavy (non-hydrogen) atoms. The van der Waals surface area contributed by atoms with Crippen molar-refractivity contribution in [3.63, 3.8) is 0 Å². The highest BCUT2D eigenvalue weighted by Crippen LogP contribution is 2.20. The molecular formula is C14H10N2O2. The molecule has 0 aliphatic heterocycles. The average Bonchev–Trinajstić information content (AvgIpc) is 2.39. The second-order valence-electron chi connectivity index (χ2n) is 3.68. The number of benzene rings is 1. The largest absolute Gasteiger partial charge is 0.439 e. The molecule has 0 saturated carbocycles. The summed E-state index contributed by atoms with van der Waals surface area (Å²) in [6, 6.07) is 12.0. The maximum absolute atomic E-state index is 11.2. The monoisotopic (exact) mass is 238 g/mol. The fraction of sp³-hybridized carbons (Fsp3) is 0.0714. The zero-order valence-electron chi connectivity index (χ0n) is 9.75. The number of ether oxygens (including phenoxy) is 1. The van der Waals surface area contributed by atoms with Crippen LogP contribution >= 0.6 is 0 Å². The third-order valence-corrected chi connectivity index (χ3v) is 2.33. The lowest BCUT2D eigenvalue weighted by Crippen LogP contribution is -1.94. The molecule has 1 heterocycles. The number of Topliss-reactive ketones (excluding diaryl/α,β-unsaturated/α-hetero) is 1. The Morgan fingerprint density at radius 1 is 1.33 bits per heavy atom. The van der Waals surface area contributed by atoms with Crippen molar-refractivity contribution in [3.8, 4) is 17.7 Å². The number of hydrogen-bond donors (Lipinski definition) is 0. The normalized spacial score (nSPS) is 9.56. The Labute approximate surface area is 104 Å². The number of aromatic nitrogens is 1. The van der Waals surface area contributed by atoms with E-state index in [2.05, 4.69) is 4.98 Å². The maximum atomic E-state index is 11.2. The van der Waals surface area contributed by atoms with Crippen molar-refractivity contribution in [3.05, 3.63) is 53.7 Å². The highest BCUT2D eigenvalue weighted by molar-refractivity contribution is 5.94. The molecule has 1 aromatic carbocycles. The fourth-order valence-electron chi connectivity index (χ4n) is 1.43. The first-order valence-corrected chi connectivity index (χ1v) is 5.34. The van der Waals surface area contributed by atoms with Crippen LogP contribution in [0.25, 0.3) is 0 Å². The molecule has 0 saturated heterocycles. The average molecular weight is 238 g/mol. The fourth-order valence-corrected chi connectivity index (χ4v) is 1.43. The molecule has 0 aliphatic rings. The van der Waals surface area contributed by atoms with Crippen LogP contribution in [-0.4, -0.2) is 10.8 Å². The third-order valence-electron chi connectivity index (χ3n) is 2.33. The minimum atomic E-state index is -0.0481. The van der Waals surface area contributed by atoms with Gasteiger partial charge in [0.25, 0.3) is 0 Å². The number of ketones is 1. The summed E-state index contributed by atoms with van der Waals surface area (Å²) < 4.78 is 5.50. The second kappa shape index (κ2) is 5.11. The lowest BCUT2D eigenvalue weighted by atomic mass is 10.2. The maximum Gasteiger partial charge on any atom is 0.219 e. The molecule has 0 radical (unpaired) electrons. The second-order valence-corrected chi connectivity index (χ2v) is 3.68. The van der Waals surface area contributed by atoms with Gasteiger partial charge in [-0.3, -0.25) is 4.79 Å². The first-order chi connectivity index (χ1) is 8.69. The number of carbonyl (C=O) groups is 1. The van der Waals surface area contributed by atoms with Gasteiger partial charge >= 0.3 is 0 Å². The lowest BCUT2D eigenvalue weighted by molar-refractivity contribution is 0.101. The summed E-state index contributed by atoms with van der Waals surface area (Å²) in [5, 5.41) is 8.78. The van der Waals surface area contributed by atoms with Gasteiger partial charge in [0.2, 0.25) is 5.88 Å². The lowest BCUT2D eigenvalue weighted by Gasteiger charge is -2.05. The van der Waals surface area contributed by atoms with Crippen LogP contribution in [-0.2, 0) is 0 Å². The highest BCUT2D eigenvalue weighted by Gasteiger charge is 2.04. The third kappa shape index (κ3) is 2.71. The van der Waals surface area contributed by atoms with Gasteiger partial charge < -0.3 is 4.74 Å². The predicted molar refractivity (Wildman–Crippen MR) is 65.5 cm³/mol. The Bertz CT molecular complexity index is 630. The summed E-state index contributed by atoms with van der Waals surface area (Å²) in [6.07, 6.45) is 1.51. The summed E-state index contributed by atoms with van der Waals surface area (Å²) in [5.74, 6) is 0.799. The minimum absolute atomic E-state index is 0.0481. The molecule has 0 fully saturated rings. The van der Waals surface area contributed by atoms with Crippen LogP contribution in [0.4, 0.5) is 0 Å². The van der Waals surface area contributed by atoms with Gasteiger partial charge in [0.15, 0.2) is 5.78 Å². The van der Waals surface area contributed by atoms with E-state index >= 15 is 0 Å². The summed E-state index contributed by atoms with van der Waals surface area (Å²) in [5.41, 5.74) is 1.05. The van der Waals surface area contributed by atoms with Gasteiger partial charge in [-0.2, -0.15) is 5.26 Å². The summed E-state index contributed by atoms with van der Waals surface area (Å²) in [4.78, 5) is 15.2. The zero-order chi connectivity index (χ0) is 13.0. The van der Waals surface area contributed by atoms with Gasteiger partial charge in [0.1, 0.15) is 5.75 Å². The predicted octanol–water partition coefficient (Wildman–Crippen LogP) is 2.95. The topological polar surface area (TPSA) is 63.0 Å². The van der Waals surface area contributed by atoms with Crippen LogP contribution in [0, 0.1) is 11.3 Å². The number of nitrogens with zero attached hydrogens (tertiary/aromatic N) is 2. The Balaban J connectivity index is 2.26. The Hall–Kier alpha value is -2.67. The van der Waals surface area contributed by atoms with E-state index in [4.69, 9.17) is 10.00 Å². The molecule has 4 heteroatoms. The molecule has 0 unspecified atom stereocenters. The van der Waals surface area contributed by atoms with Gasteiger partial charge in [0.05, 0.1) is 11.6 Å². The molecule has 0 amide bonds. The first kappa shape index (κ1) is 11.8. The first-order valence-electron chi connectivity index (χ1n) is 5.34. The van der Waals surface area contributed by atoms with Crippen LogP contribution < -0.4 is 4.74 Å². The Morgan fingerprint density at radius 3 is 2.89 bits per heavy atom. The molecule has 0 N–H and O–H groups in total. The molecule has 1 aromatic heterocycles. The molecule has 2 rings (SSSR count). The molecule has 0 atom stereocenters. The molecular weight excluding hydrogens is 228 g/mol. The Kier molecular flexibility index (Phi) is 3.35. The molecule has 0 aliphatic carbocycles. The summed E-state index contributed by atoms with van der Waals surface area (Å²) in [6.45, 7) is 1.48. The van der Waals surface area contributed by atoms with E-state index in [0.717, 1.165) is 0 Å². The van der Waals surface area contributed by atoms with Crippen molar-refractivity contribution in [2.75, 3.05) is 0 Å². The van der Waals surface area contributed by atoms with E-state index in [1.807, 2.05) is 6.07 Å². The van der Waals surface area contributed by atoms with Crippen molar-refractivity contribution in [2.24, 2.45) is 0 Å². The van der Waals surface area contributed by atoms with Gasteiger partial charge in [-0.1, -0.05) is 6.07 Å². The molecule has 2 aromatic rings. The number of hydrogen-bond acceptors (Lipinski definition) is 4. The van der Waals surface area contributed by atoms with Gasteiger partial charge in [0, 0.05) is 17.8 Å². The van der Waals surface area contributed by atoms with E-state index in [0.29, 0.717) is 22.8 Å². The van der Waals surface area contributed by atoms with Crippen molar-refractivity contribution >= 4 is 5.78 Å². The molecule has 0 spiro atoms. The SMILES string of the molecule is CC(=O)c1ccnc(Oc2cccc(C#N)c2)c1. The van der Waals surface area contributed by atoms with E-state index in [9.17, 15) is 4.79 Å². The summed E-state index contributed by atoms with van der Waals surface area (Å²) >= 11 is 0. The van der Waals surface area contributed by atoms with Crippen molar-refractivity contribution < 1.29 is 9.53 Å². The number of carbonyl (C=O) groups excluding carboxylic acids is 1. The number of rotatable bonds is 3. The molecule has 0 bridgehead atoms. The minimum Gasteiger partial charge on any atom is -0.439 e. The quantitative estimate of drug-likeness (QED) is 0.771. The van der Waals surface area contributed by atoms with Crippen LogP contribution in [0.3, 0.4) is 0 Å². The number of nitriles is 1. The van der Waals surface area contributed by atoms with Crippen molar-refractivity contribution in [1.29, 1.82) is 5.26 Å². The highest BCUT2D eigenvalue weighted by atomic mass is 16.5. The summed E-state index contributed by atoms with van der Waals surface area (Å²) in [7, 11) is 0. The molecule has 88 valence electrons. The van der Waals surface area contributed by atoms with E-state index in [1.54, 1.807) is 36.4 Å². The van der Waals surface area contributed by atoms with Gasteiger partial charge in [-0.05, 0) is 31.2 Å². The van der Waals surface area contributed by atoms with Crippen molar-refractivity contribution in [2.45, 2.75) is 6.92 Å². The van der Waals surface area contributed by atoms with Gasteiger partial charge in [-0.25, -0.2) is 4.98 Å². The van der Waals surface area contributed by atoms with Crippen LogP contribution in [0.15, 0.2) is 42.6 Å².